The highest BCUT2D eigenvalue weighted by atomic mass is 19.2. The summed E-state index contributed by atoms with van der Waals surface area (Å²) in [5.41, 5.74) is -0.585. The molecule has 1 aromatic rings. The van der Waals surface area contributed by atoms with Crippen molar-refractivity contribution in [2.24, 2.45) is 5.92 Å². The normalized spacial score (nSPS) is 17.2. The van der Waals surface area contributed by atoms with Crippen molar-refractivity contribution < 1.29 is 27.5 Å². The minimum atomic E-state index is -1.70. The van der Waals surface area contributed by atoms with Gasteiger partial charge in [-0.05, 0) is 43.7 Å². The number of ether oxygens (including phenoxy) is 1. The fraction of sp³-hybridized carbons (Fsp3) is 0.556. The topological polar surface area (TPSA) is 46.6 Å². The summed E-state index contributed by atoms with van der Waals surface area (Å²) >= 11 is 0. The zero-order valence-electron chi connectivity index (χ0n) is 14.4. The van der Waals surface area contributed by atoms with Crippen LogP contribution in [0, 0.1) is 23.4 Å². The second-order valence-corrected chi connectivity index (χ2v) is 6.58. The quantitative estimate of drug-likeness (QED) is 0.443. The lowest BCUT2D eigenvalue weighted by atomic mass is 10.1. The van der Waals surface area contributed by atoms with Crippen LogP contribution in [0.25, 0.3) is 0 Å². The number of hydrogen-bond donors (Lipinski definition) is 0. The molecule has 0 bridgehead atoms. The number of likely N-dealkylation sites (tertiary alicyclic amines) is 1. The van der Waals surface area contributed by atoms with Crippen LogP contribution in [-0.2, 0) is 9.53 Å². The van der Waals surface area contributed by atoms with Crippen LogP contribution < -0.4 is 0 Å². The lowest BCUT2D eigenvalue weighted by Crippen LogP contribution is -2.42. The van der Waals surface area contributed by atoms with Crippen molar-refractivity contribution in [3.63, 3.8) is 0 Å². The molecule has 1 unspecified atom stereocenters. The third-order valence-corrected chi connectivity index (χ3v) is 4.22. The summed E-state index contributed by atoms with van der Waals surface area (Å²) in [6.45, 7) is 4.63. The van der Waals surface area contributed by atoms with Crippen molar-refractivity contribution in [3.05, 3.63) is 35.1 Å². The average Bonchev–Trinajstić information content (AvgIpc) is 3.05. The molecule has 2 rings (SSSR count). The summed E-state index contributed by atoms with van der Waals surface area (Å²) in [5.74, 6) is -5.48. The van der Waals surface area contributed by atoms with E-state index in [1.165, 1.54) is 4.90 Å². The van der Waals surface area contributed by atoms with E-state index in [9.17, 15) is 22.8 Å². The molecule has 1 aliphatic heterocycles. The van der Waals surface area contributed by atoms with Crippen LogP contribution in [0.5, 0.6) is 0 Å². The van der Waals surface area contributed by atoms with Gasteiger partial charge in [0.2, 0.25) is 0 Å². The monoisotopic (exact) mass is 357 g/mol. The molecule has 0 spiro atoms. The van der Waals surface area contributed by atoms with Gasteiger partial charge in [-0.3, -0.25) is 4.79 Å². The van der Waals surface area contributed by atoms with Crippen LogP contribution in [0.3, 0.4) is 0 Å². The van der Waals surface area contributed by atoms with E-state index in [0.717, 1.165) is 18.9 Å². The summed E-state index contributed by atoms with van der Waals surface area (Å²) in [5, 5.41) is 0. The highest BCUT2D eigenvalue weighted by Crippen LogP contribution is 2.24. The number of carbonyl (C=O) groups excluding carboxylic acids is 2. The second-order valence-electron chi connectivity index (χ2n) is 6.58. The van der Waals surface area contributed by atoms with Gasteiger partial charge in [-0.1, -0.05) is 13.8 Å². The molecule has 7 heteroatoms. The van der Waals surface area contributed by atoms with Crippen LogP contribution in [0.4, 0.5) is 13.2 Å². The van der Waals surface area contributed by atoms with Crippen LogP contribution >= 0.6 is 0 Å². The molecule has 1 aromatic carbocycles. The van der Waals surface area contributed by atoms with E-state index < -0.39 is 40.9 Å². The van der Waals surface area contributed by atoms with Gasteiger partial charge >= 0.3 is 5.97 Å². The summed E-state index contributed by atoms with van der Waals surface area (Å²) in [6, 6.07) is 0.763. The van der Waals surface area contributed by atoms with Gasteiger partial charge in [0.05, 0.1) is 12.2 Å². The molecular weight excluding hydrogens is 335 g/mol. The lowest BCUT2D eigenvalue weighted by Gasteiger charge is -2.23. The second kappa shape index (κ2) is 8.36. The Morgan fingerprint density at radius 1 is 1.24 bits per heavy atom. The van der Waals surface area contributed by atoms with E-state index in [4.69, 9.17) is 4.74 Å². The zero-order valence-corrected chi connectivity index (χ0v) is 14.4. The van der Waals surface area contributed by atoms with Crippen molar-refractivity contribution in [3.8, 4) is 0 Å². The number of amides is 1. The molecule has 4 nitrogen and oxygen atoms in total. The zero-order chi connectivity index (χ0) is 18.6. The Hall–Kier alpha value is -2.05. The molecule has 0 aromatic heterocycles. The molecule has 25 heavy (non-hydrogen) atoms. The first-order valence-electron chi connectivity index (χ1n) is 8.44. The fourth-order valence-corrected chi connectivity index (χ4v) is 2.86. The standard InChI is InChI=1S/C18H22F3NO3/c1-11(2)5-4-10-25-18(24)14-6-3-9-22(14)17(23)12-7-8-13(19)16(21)15(12)20/h7-8,11,14H,3-6,9-10H2,1-2H3. The van der Waals surface area contributed by atoms with Gasteiger partial charge in [-0.15, -0.1) is 0 Å². The summed E-state index contributed by atoms with van der Waals surface area (Å²) in [6.07, 6.45) is 2.60. The molecule has 1 atom stereocenters. The first-order chi connectivity index (χ1) is 11.8. The Kier molecular flexibility index (Phi) is 6.45. The van der Waals surface area contributed by atoms with Crippen molar-refractivity contribution in [2.75, 3.05) is 13.2 Å². The Morgan fingerprint density at radius 2 is 1.96 bits per heavy atom. The molecule has 1 saturated heterocycles. The highest BCUT2D eigenvalue weighted by Gasteiger charge is 2.37. The fourth-order valence-electron chi connectivity index (χ4n) is 2.86. The average molecular weight is 357 g/mol. The van der Waals surface area contributed by atoms with E-state index in [-0.39, 0.29) is 13.2 Å². The van der Waals surface area contributed by atoms with Gasteiger partial charge in [0.25, 0.3) is 5.91 Å². The van der Waals surface area contributed by atoms with Gasteiger partial charge in [0.15, 0.2) is 17.5 Å². The molecule has 0 saturated carbocycles. The number of esters is 1. The lowest BCUT2D eigenvalue weighted by molar-refractivity contribution is -0.148. The van der Waals surface area contributed by atoms with E-state index in [1.54, 1.807) is 0 Å². The van der Waals surface area contributed by atoms with E-state index in [2.05, 4.69) is 13.8 Å². The van der Waals surface area contributed by atoms with Gasteiger partial charge in [0.1, 0.15) is 6.04 Å². The maximum atomic E-state index is 13.8. The van der Waals surface area contributed by atoms with E-state index in [1.807, 2.05) is 0 Å². The number of hydrogen-bond acceptors (Lipinski definition) is 3. The van der Waals surface area contributed by atoms with Gasteiger partial charge in [-0.25, -0.2) is 18.0 Å². The van der Waals surface area contributed by atoms with Crippen LogP contribution in [0.15, 0.2) is 12.1 Å². The minimum Gasteiger partial charge on any atom is -0.464 e. The molecule has 1 amide bonds. The van der Waals surface area contributed by atoms with E-state index >= 15 is 0 Å². The van der Waals surface area contributed by atoms with Gasteiger partial charge in [-0.2, -0.15) is 0 Å². The Bertz CT molecular complexity index is 649. The van der Waals surface area contributed by atoms with E-state index in [0.29, 0.717) is 24.8 Å². The minimum absolute atomic E-state index is 0.239. The predicted molar refractivity (Wildman–Crippen MR) is 85.4 cm³/mol. The van der Waals surface area contributed by atoms with Crippen molar-refractivity contribution in [1.29, 1.82) is 0 Å². The maximum Gasteiger partial charge on any atom is 0.328 e. The first kappa shape index (κ1) is 19.3. The molecule has 138 valence electrons. The van der Waals surface area contributed by atoms with Crippen LogP contribution in [0.1, 0.15) is 49.9 Å². The number of nitrogens with zero attached hydrogens (tertiary/aromatic N) is 1. The highest BCUT2D eigenvalue weighted by molar-refractivity contribution is 5.97. The van der Waals surface area contributed by atoms with Crippen molar-refractivity contribution in [1.82, 2.24) is 4.90 Å². The number of benzene rings is 1. The third-order valence-electron chi connectivity index (χ3n) is 4.22. The largest absolute Gasteiger partial charge is 0.464 e. The molecular formula is C18H22F3NO3. The number of carbonyl (C=O) groups is 2. The maximum absolute atomic E-state index is 13.8. The Balaban J connectivity index is 2.04. The molecule has 1 fully saturated rings. The van der Waals surface area contributed by atoms with Crippen molar-refractivity contribution >= 4 is 11.9 Å². The molecule has 0 radical (unpaired) electrons. The van der Waals surface area contributed by atoms with Crippen molar-refractivity contribution in [2.45, 2.75) is 45.6 Å². The molecule has 0 aliphatic carbocycles. The van der Waals surface area contributed by atoms with Crippen LogP contribution in [-0.4, -0.2) is 36.0 Å². The smallest absolute Gasteiger partial charge is 0.328 e. The summed E-state index contributed by atoms with van der Waals surface area (Å²) in [7, 11) is 0. The molecule has 0 N–H and O–H groups in total. The number of halogens is 3. The van der Waals surface area contributed by atoms with Gasteiger partial charge < -0.3 is 9.64 Å². The predicted octanol–water partition coefficient (Wildman–Crippen LogP) is 3.69. The summed E-state index contributed by atoms with van der Waals surface area (Å²) < 4.78 is 45.4. The molecule has 1 aliphatic rings. The third kappa shape index (κ3) is 4.52. The van der Waals surface area contributed by atoms with Gasteiger partial charge in [0, 0.05) is 6.54 Å². The number of rotatable bonds is 6. The SMILES string of the molecule is CC(C)CCCOC(=O)C1CCCN1C(=O)c1ccc(F)c(F)c1F. The van der Waals surface area contributed by atoms with Crippen LogP contribution in [0.2, 0.25) is 0 Å². The first-order valence-corrected chi connectivity index (χ1v) is 8.44. The molecule has 1 heterocycles. The Morgan fingerprint density at radius 3 is 2.64 bits per heavy atom. The Labute approximate surface area is 144 Å². The summed E-state index contributed by atoms with van der Waals surface area (Å²) in [4.78, 5) is 25.8.